The van der Waals surface area contributed by atoms with Crippen LogP contribution in [0.2, 0.25) is 0 Å². The van der Waals surface area contributed by atoms with E-state index in [4.69, 9.17) is 4.74 Å². The first-order chi connectivity index (χ1) is 14.8. The molecule has 1 atom stereocenters. The van der Waals surface area contributed by atoms with Crippen LogP contribution < -0.4 is 0 Å². The lowest BCUT2D eigenvalue weighted by Crippen LogP contribution is -2.46. The first kappa shape index (κ1) is 22.3. The molecule has 0 amide bonds. The number of hydrogen-bond donors (Lipinski definition) is 0. The molecule has 6 heteroatoms. The number of ether oxygens (including phenoxy) is 1. The van der Waals surface area contributed by atoms with Crippen molar-refractivity contribution in [1.29, 1.82) is 0 Å². The van der Waals surface area contributed by atoms with Gasteiger partial charge >= 0.3 is 6.18 Å². The molecule has 1 aliphatic heterocycles. The number of aryl methyl sites for hydroxylation is 1. The first-order valence-corrected chi connectivity index (χ1v) is 11.2. The van der Waals surface area contributed by atoms with Crippen molar-refractivity contribution >= 4 is 0 Å². The maximum Gasteiger partial charge on any atom is 0.417 e. The van der Waals surface area contributed by atoms with Crippen molar-refractivity contribution in [2.75, 3.05) is 6.61 Å². The molecular weight excluding hydrogens is 406 g/mol. The molecule has 1 saturated heterocycles. The quantitative estimate of drug-likeness (QED) is 0.360. The molecule has 2 nitrogen and oxygen atoms in total. The van der Waals surface area contributed by atoms with Crippen LogP contribution in [0.5, 0.6) is 0 Å². The van der Waals surface area contributed by atoms with Gasteiger partial charge in [-0.05, 0) is 74.3 Å². The van der Waals surface area contributed by atoms with Gasteiger partial charge in [-0.1, -0.05) is 31.4 Å². The lowest BCUT2D eigenvalue weighted by molar-refractivity contribution is -0.137. The van der Waals surface area contributed by atoms with Gasteiger partial charge in [-0.15, -0.1) is 0 Å². The smallest absolute Gasteiger partial charge is 0.375 e. The number of rotatable bonds is 6. The minimum Gasteiger partial charge on any atom is -0.375 e. The number of unbranched alkanes of at least 4 members (excludes halogenated alkanes) is 1. The number of nitrogens with zero attached hydrogens (tertiary/aromatic N) is 1. The van der Waals surface area contributed by atoms with Gasteiger partial charge in [-0.2, -0.15) is 13.2 Å². The Morgan fingerprint density at radius 3 is 2.42 bits per heavy atom. The van der Waals surface area contributed by atoms with Gasteiger partial charge in [0.05, 0.1) is 11.2 Å². The van der Waals surface area contributed by atoms with E-state index in [1.807, 2.05) is 12.1 Å². The Kier molecular flexibility index (Phi) is 6.38. The second-order valence-electron chi connectivity index (χ2n) is 9.24. The van der Waals surface area contributed by atoms with Crippen molar-refractivity contribution in [3.05, 3.63) is 65.2 Å². The third-order valence-electron chi connectivity index (χ3n) is 7.11. The zero-order chi connectivity index (χ0) is 22.0. The van der Waals surface area contributed by atoms with Gasteiger partial charge in [0, 0.05) is 24.4 Å². The summed E-state index contributed by atoms with van der Waals surface area (Å²) in [5.74, 6) is -0.237. The van der Waals surface area contributed by atoms with E-state index in [9.17, 15) is 17.6 Å². The van der Waals surface area contributed by atoms with E-state index in [0.29, 0.717) is 18.6 Å². The molecule has 2 aromatic rings. The minimum atomic E-state index is -4.37. The van der Waals surface area contributed by atoms with Crippen LogP contribution in [0.25, 0.3) is 0 Å². The fraction of sp³-hybridized carbons (Fsp3) is 0.560. The second-order valence-corrected chi connectivity index (χ2v) is 9.24. The first-order valence-electron chi connectivity index (χ1n) is 11.2. The van der Waals surface area contributed by atoms with E-state index in [1.165, 1.54) is 37.2 Å². The summed E-state index contributed by atoms with van der Waals surface area (Å²) in [7, 11) is 0. The Hall–Kier alpha value is -1.95. The molecule has 2 fully saturated rings. The number of pyridine rings is 1. The molecule has 0 unspecified atom stereocenters. The molecule has 1 aliphatic carbocycles. The zero-order valence-electron chi connectivity index (χ0n) is 17.7. The summed E-state index contributed by atoms with van der Waals surface area (Å²) in [4.78, 5) is 3.77. The van der Waals surface area contributed by atoms with Crippen LogP contribution in [-0.4, -0.2) is 17.2 Å². The van der Waals surface area contributed by atoms with Gasteiger partial charge in [0.15, 0.2) is 0 Å². The van der Waals surface area contributed by atoms with Crippen LogP contribution in [0.3, 0.4) is 0 Å². The van der Waals surface area contributed by atoms with E-state index in [0.717, 1.165) is 56.7 Å². The van der Waals surface area contributed by atoms with Crippen LogP contribution in [0.4, 0.5) is 17.6 Å². The summed E-state index contributed by atoms with van der Waals surface area (Å²) in [6.45, 7) is 0.703. The molecule has 168 valence electrons. The lowest BCUT2D eigenvalue weighted by Gasteiger charge is -2.47. The highest BCUT2D eigenvalue weighted by atomic mass is 19.4. The van der Waals surface area contributed by atoms with E-state index >= 15 is 0 Å². The monoisotopic (exact) mass is 435 g/mol. The molecule has 0 radical (unpaired) electrons. The molecule has 0 bridgehead atoms. The van der Waals surface area contributed by atoms with Gasteiger partial charge in [0.2, 0.25) is 0 Å². The van der Waals surface area contributed by atoms with Crippen LogP contribution in [0, 0.1) is 5.82 Å². The van der Waals surface area contributed by atoms with E-state index < -0.39 is 11.7 Å². The SMILES string of the molecule is Fc1ccc([C@]2(CCCCc3cncc(C(F)(F)F)c3)CCOC3(CCCC3)C2)cc1. The van der Waals surface area contributed by atoms with Crippen molar-refractivity contribution in [3.8, 4) is 0 Å². The van der Waals surface area contributed by atoms with Gasteiger partial charge in [0.25, 0.3) is 0 Å². The Morgan fingerprint density at radius 1 is 0.968 bits per heavy atom. The summed E-state index contributed by atoms with van der Waals surface area (Å²) < 4.78 is 58.6. The Labute approximate surface area is 181 Å². The molecule has 4 rings (SSSR count). The number of hydrogen-bond acceptors (Lipinski definition) is 2. The molecule has 2 aliphatic rings. The predicted molar refractivity (Wildman–Crippen MR) is 111 cm³/mol. The van der Waals surface area contributed by atoms with Crippen molar-refractivity contribution in [3.63, 3.8) is 0 Å². The fourth-order valence-corrected chi connectivity index (χ4v) is 5.54. The van der Waals surface area contributed by atoms with E-state index in [-0.39, 0.29) is 16.8 Å². The molecule has 1 spiro atoms. The van der Waals surface area contributed by atoms with Crippen molar-refractivity contribution in [2.24, 2.45) is 0 Å². The Balaban J connectivity index is 1.45. The molecule has 1 aromatic carbocycles. The molecule has 31 heavy (non-hydrogen) atoms. The summed E-state index contributed by atoms with van der Waals surface area (Å²) in [5.41, 5.74) is 0.939. The largest absolute Gasteiger partial charge is 0.417 e. The average Bonchev–Trinajstić information content (AvgIpc) is 3.18. The number of benzene rings is 1. The molecule has 1 saturated carbocycles. The molecule has 0 N–H and O–H groups in total. The third-order valence-corrected chi connectivity index (χ3v) is 7.11. The normalized spacial score (nSPS) is 23.4. The highest BCUT2D eigenvalue weighted by Crippen LogP contribution is 2.50. The van der Waals surface area contributed by atoms with Crippen molar-refractivity contribution in [2.45, 2.75) is 81.4 Å². The topological polar surface area (TPSA) is 22.1 Å². The van der Waals surface area contributed by atoms with Gasteiger partial charge in [-0.25, -0.2) is 4.39 Å². The van der Waals surface area contributed by atoms with Gasteiger partial charge in [0.1, 0.15) is 5.82 Å². The van der Waals surface area contributed by atoms with Crippen LogP contribution in [0.15, 0.2) is 42.7 Å². The molecule has 1 aromatic heterocycles. The Bertz CT molecular complexity index is 874. The van der Waals surface area contributed by atoms with Crippen LogP contribution in [-0.2, 0) is 22.7 Å². The van der Waals surface area contributed by atoms with Gasteiger partial charge < -0.3 is 4.74 Å². The predicted octanol–water partition coefficient (Wildman–Crippen LogP) is 7.01. The van der Waals surface area contributed by atoms with E-state index in [2.05, 4.69) is 4.98 Å². The lowest BCUT2D eigenvalue weighted by atomic mass is 9.65. The van der Waals surface area contributed by atoms with Crippen molar-refractivity contribution in [1.82, 2.24) is 4.98 Å². The zero-order valence-corrected chi connectivity index (χ0v) is 17.7. The minimum absolute atomic E-state index is 0.0671. The van der Waals surface area contributed by atoms with E-state index in [1.54, 1.807) is 0 Å². The number of aromatic nitrogens is 1. The third kappa shape index (κ3) is 5.11. The molecule has 2 heterocycles. The second kappa shape index (κ2) is 8.89. The maximum atomic E-state index is 13.6. The van der Waals surface area contributed by atoms with Gasteiger partial charge in [-0.3, -0.25) is 4.98 Å². The Morgan fingerprint density at radius 2 is 1.71 bits per heavy atom. The number of alkyl halides is 3. The highest BCUT2D eigenvalue weighted by molar-refractivity contribution is 5.28. The summed E-state index contributed by atoms with van der Waals surface area (Å²) in [6.07, 6.45) is 7.55. The standard InChI is InChI=1S/C25H29F4NO/c26-22-8-6-20(7-9-22)23(13-14-31-24(18-23)11-3-4-12-24)10-2-1-5-19-15-21(17-30-16-19)25(27,28)29/h6-9,15-17H,1-5,10-14,18H2/t23-/m1/s1. The summed E-state index contributed by atoms with van der Waals surface area (Å²) in [5, 5.41) is 0. The summed E-state index contributed by atoms with van der Waals surface area (Å²) >= 11 is 0. The van der Waals surface area contributed by atoms with Crippen LogP contribution >= 0.6 is 0 Å². The van der Waals surface area contributed by atoms with Crippen LogP contribution in [0.1, 0.15) is 74.5 Å². The number of halogens is 4. The fourth-order valence-electron chi connectivity index (χ4n) is 5.54. The average molecular weight is 436 g/mol. The maximum absolute atomic E-state index is 13.6. The molecular formula is C25H29F4NO. The summed E-state index contributed by atoms with van der Waals surface area (Å²) in [6, 6.07) is 8.06. The highest BCUT2D eigenvalue weighted by Gasteiger charge is 2.47. The van der Waals surface area contributed by atoms with Crippen molar-refractivity contribution < 1.29 is 22.3 Å².